The Labute approximate surface area is 134 Å². The number of aromatic carboxylic acids is 1. The van der Waals surface area contributed by atoms with Crippen molar-refractivity contribution in [3.8, 4) is 0 Å². The molecule has 0 radical (unpaired) electrons. The first-order chi connectivity index (χ1) is 11.1. The fourth-order valence-electron chi connectivity index (χ4n) is 3.73. The number of carbonyl (C=O) groups excluding carboxylic acids is 1. The van der Waals surface area contributed by atoms with E-state index >= 15 is 0 Å². The lowest BCUT2D eigenvalue weighted by atomic mass is 9.73. The van der Waals surface area contributed by atoms with Gasteiger partial charge in [-0.2, -0.15) is 0 Å². The number of carboxylic acid groups (broad SMARTS) is 1. The highest BCUT2D eigenvalue weighted by Crippen LogP contribution is 2.43. The van der Waals surface area contributed by atoms with Crippen LogP contribution < -0.4 is 0 Å². The van der Waals surface area contributed by atoms with E-state index in [0.29, 0.717) is 5.41 Å². The van der Waals surface area contributed by atoms with Gasteiger partial charge in [-0.25, -0.2) is 9.78 Å². The molecule has 23 heavy (non-hydrogen) atoms. The first kappa shape index (κ1) is 16.0. The second-order valence-corrected chi connectivity index (χ2v) is 6.55. The number of amides is 1. The van der Waals surface area contributed by atoms with Gasteiger partial charge in [-0.05, 0) is 24.7 Å². The Morgan fingerprint density at radius 2 is 2.09 bits per heavy atom. The summed E-state index contributed by atoms with van der Waals surface area (Å²) in [5.74, 6) is -1.07. The van der Waals surface area contributed by atoms with Gasteiger partial charge in [0.05, 0.1) is 0 Å². The number of carbonyl (C=O) groups is 2. The standard InChI is InChI=1S/C16H22N2O5/c19-13(9-22-8-12-14(15(20)21)17-11-23-12)18-7-6-16(10-18)4-2-1-3-5-16/h11H,1-10H2,(H,20,21). The van der Waals surface area contributed by atoms with Crippen molar-refractivity contribution in [3.63, 3.8) is 0 Å². The average Bonchev–Trinajstić information content (AvgIpc) is 3.16. The van der Waals surface area contributed by atoms with Gasteiger partial charge in [-0.1, -0.05) is 19.3 Å². The van der Waals surface area contributed by atoms with Crippen LogP contribution in [0.3, 0.4) is 0 Å². The fourth-order valence-corrected chi connectivity index (χ4v) is 3.73. The van der Waals surface area contributed by atoms with Crippen LogP contribution in [0.2, 0.25) is 0 Å². The summed E-state index contributed by atoms with van der Waals surface area (Å²) >= 11 is 0. The summed E-state index contributed by atoms with van der Waals surface area (Å²) in [6.07, 6.45) is 8.43. The molecule has 1 aromatic heterocycles. The largest absolute Gasteiger partial charge is 0.476 e. The first-order valence-electron chi connectivity index (χ1n) is 8.11. The molecule has 2 heterocycles. The van der Waals surface area contributed by atoms with Crippen LogP contribution in [0.25, 0.3) is 0 Å². The summed E-state index contributed by atoms with van der Waals surface area (Å²) in [5, 5.41) is 8.92. The van der Waals surface area contributed by atoms with Gasteiger partial charge in [0.15, 0.2) is 17.8 Å². The highest BCUT2D eigenvalue weighted by Gasteiger charge is 2.40. The third kappa shape index (κ3) is 3.55. The SMILES string of the molecule is O=C(O)c1ncoc1COCC(=O)N1CCC2(CCCCC2)C1. The zero-order valence-corrected chi connectivity index (χ0v) is 13.1. The molecule has 2 aliphatic rings. The maximum atomic E-state index is 12.3. The molecule has 2 fully saturated rings. The lowest BCUT2D eigenvalue weighted by Gasteiger charge is -2.33. The van der Waals surface area contributed by atoms with Crippen LogP contribution in [0, 0.1) is 5.41 Å². The lowest BCUT2D eigenvalue weighted by molar-refractivity contribution is -0.136. The van der Waals surface area contributed by atoms with Crippen LogP contribution in [-0.2, 0) is 16.1 Å². The fraction of sp³-hybridized carbons (Fsp3) is 0.688. The number of nitrogens with zero attached hydrogens (tertiary/aromatic N) is 2. The van der Waals surface area contributed by atoms with Crippen LogP contribution in [0.15, 0.2) is 10.8 Å². The number of hydrogen-bond donors (Lipinski definition) is 1. The summed E-state index contributed by atoms with van der Waals surface area (Å²) in [6, 6.07) is 0. The second kappa shape index (κ2) is 6.70. The van der Waals surface area contributed by atoms with Gasteiger partial charge in [0.1, 0.15) is 13.2 Å². The topological polar surface area (TPSA) is 92.9 Å². The summed E-state index contributed by atoms with van der Waals surface area (Å²) in [7, 11) is 0. The molecule has 1 spiro atoms. The van der Waals surface area contributed by atoms with Gasteiger partial charge in [-0.3, -0.25) is 4.79 Å². The Morgan fingerprint density at radius 1 is 1.30 bits per heavy atom. The predicted molar refractivity (Wildman–Crippen MR) is 79.8 cm³/mol. The van der Waals surface area contributed by atoms with Crippen molar-refractivity contribution in [1.82, 2.24) is 9.88 Å². The van der Waals surface area contributed by atoms with E-state index in [1.165, 1.54) is 32.1 Å². The van der Waals surface area contributed by atoms with Gasteiger partial charge in [0.25, 0.3) is 0 Å². The van der Waals surface area contributed by atoms with Crippen LogP contribution >= 0.6 is 0 Å². The molecule has 126 valence electrons. The predicted octanol–water partition coefficient (Wildman–Crippen LogP) is 2.07. The normalized spacial score (nSPS) is 20.1. The Kier molecular flexibility index (Phi) is 4.66. The molecule has 3 rings (SSSR count). The highest BCUT2D eigenvalue weighted by molar-refractivity contribution is 5.86. The Morgan fingerprint density at radius 3 is 2.83 bits per heavy atom. The van der Waals surface area contributed by atoms with Gasteiger partial charge >= 0.3 is 5.97 Å². The third-order valence-corrected chi connectivity index (χ3v) is 5.01. The van der Waals surface area contributed by atoms with Crippen molar-refractivity contribution in [2.75, 3.05) is 19.7 Å². The monoisotopic (exact) mass is 322 g/mol. The summed E-state index contributed by atoms with van der Waals surface area (Å²) < 4.78 is 10.3. The van der Waals surface area contributed by atoms with E-state index < -0.39 is 5.97 Å². The number of aromatic nitrogens is 1. The van der Waals surface area contributed by atoms with Crippen molar-refractivity contribution in [2.24, 2.45) is 5.41 Å². The molecule has 7 heteroatoms. The maximum absolute atomic E-state index is 12.3. The number of hydrogen-bond acceptors (Lipinski definition) is 5. The summed E-state index contributed by atoms with van der Waals surface area (Å²) in [6.45, 7) is 1.50. The second-order valence-electron chi connectivity index (χ2n) is 6.55. The summed E-state index contributed by atoms with van der Waals surface area (Å²) in [5.41, 5.74) is 0.162. The number of likely N-dealkylation sites (tertiary alicyclic amines) is 1. The molecule has 1 aliphatic heterocycles. The van der Waals surface area contributed by atoms with Gasteiger partial charge in [0.2, 0.25) is 5.91 Å². The smallest absolute Gasteiger partial charge is 0.358 e. The Bertz CT molecular complexity index is 577. The average molecular weight is 322 g/mol. The molecule has 1 saturated carbocycles. The van der Waals surface area contributed by atoms with E-state index in [2.05, 4.69) is 4.98 Å². The molecule has 1 aromatic rings. The molecule has 1 amide bonds. The highest BCUT2D eigenvalue weighted by atomic mass is 16.5. The van der Waals surface area contributed by atoms with Crippen LogP contribution in [0.1, 0.15) is 54.8 Å². The van der Waals surface area contributed by atoms with Gasteiger partial charge in [-0.15, -0.1) is 0 Å². The van der Waals surface area contributed by atoms with Crippen molar-refractivity contribution in [1.29, 1.82) is 0 Å². The van der Waals surface area contributed by atoms with Crippen molar-refractivity contribution in [2.45, 2.75) is 45.1 Å². The number of rotatable bonds is 5. The van der Waals surface area contributed by atoms with E-state index in [1.54, 1.807) is 0 Å². The molecular formula is C16H22N2O5. The van der Waals surface area contributed by atoms with Crippen LogP contribution in [-0.4, -0.2) is 46.6 Å². The van der Waals surface area contributed by atoms with E-state index in [1.807, 2.05) is 4.90 Å². The minimum absolute atomic E-state index is 0.0381. The first-order valence-corrected chi connectivity index (χ1v) is 8.11. The Hall–Kier alpha value is -1.89. The zero-order chi connectivity index (χ0) is 16.3. The molecule has 1 aliphatic carbocycles. The minimum atomic E-state index is -1.16. The summed E-state index contributed by atoms with van der Waals surface area (Å²) in [4.78, 5) is 28.6. The molecule has 1 saturated heterocycles. The van der Waals surface area contributed by atoms with E-state index in [0.717, 1.165) is 25.9 Å². The molecule has 0 aromatic carbocycles. The minimum Gasteiger partial charge on any atom is -0.476 e. The number of carboxylic acids is 1. The third-order valence-electron chi connectivity index (χ3n) is 5.01. The molecule has 0 unspecified atom stereocenters. The molecule has 0 bridgehead atoms. The van der Waals surface area contributed by atoms with E-state index in [-0.39, 0.29) is 30.6 Å². The van der Waals surface area contributed by atoms with Crippen molar-refractivity contribution in [3.05, 3.63) is 17.8 Å². The molecule has 1 N–H and O–H groups in total. The zero-order valence-electron chi connectivity index (χ0n) is 13.1. The number of oxazole rings is 1. The quantitative estimate of drug-likeness (QED) is 0.892. The van der Waals surface area contributed by atoms with E-state index in [9.17, 15) is 9.59 Å². The van der Waals surface area contributed by atoms with Gasteiger partial charge in [0, 0.05) is 13.1 Å². The van der Waals surface area contributed by atoms with E-state index in [4.69, 9.17) is 14.3 Å². The number of ether oxygens (including phenoxy) is 1. The molecule has 7 nitrogen and oxygen atoms in total. The maximum Gasteiger partial charge on any atom is 0.358 e. The molecular weight excluding hydrogens is 300 g/mol. The Balaban J connectivity index is 1.47. The van der Waals surface area contributed by atoms with Crippen LogP contribution in [0.4, 0.5) is 0 Å². The molecule has 0 atom stereocenters. The van der Waals surface area contributed by atoms with Crippen molar-refractivity contribution < 1.29 is 23.8 Å². The lowest BCUT2D eigenvalue weighted by Crippen LogP contribution is -2.35. The van der Waals surface area contributed by atoms with Crippen molar-refractivity contribution >= 4 is 11.9 Å². The van der Waals surface area contributed by atoms with Gasteiger partial charge < -0.3 is 19.2 Å². The van der Waals surface area contributed by atoms with Crippen LogP contribution in [0.5, 0.6) is 0 Å².